The Balaban J connectivity index is 1.77. The Hall–Kier alpha value is -2.74. The minimum Gasteiger partial charge on any atom is -0.316 e. The predicted molar refractivity (Wildman–Crippen MR) is 92.8 cm³/mol. The Labute approximate surface area is 142 Å². The van der Waals surface area contributed by atoms with Crippen molar-refractivity contribution in [1.29, 1.82) is 0 Å². The van der Waals surface area contributed by atoms with E-state index in [9.17, 15) is 9.59 Å². The third-order valence-corrected chi connectivity index (χ3v) is 5.13. The fraction of sp³-hybridized carbons (Fsp3) is 0.250. The predicted octanol–water partition coefficient (Wildman–Crippen LogP) is 2.05. The van der Waals surface area contributed by atoms with E-state index in [1.807, 2.05) is 20.8 Å². The van der Waals surface area contributed by atoms with Crippen LogP contribution < -0.4 is 11.0 Å². The van der Waals surface area contributed by atoms with E-state index >= 15 is 0 Å². The van der Waals surface area contributed by atoms with Crippen molar-refractivity contribution < 1.29 is 4.79 Å². The van der Waals surface area contributed by atoms with Crippen LogP contribution >= 0.6 is 11.3 Å². The molecule has 0 atom stereocenters. The molecule has 3 heterocycles. The van der Waals surface area contributed by atoms with Gasteiger partial charge in [-0.15, -0.1) is 11.3 Å². The minimum absolute atomic E-state index is 0.133. The van der Waals surface area contributed by atoms with Gasteiger partial charge in [0, 0.05) is 17.3 Å². The van der Waals surface area contributed by atoms with Gasteiger partial charge in [0.15, 0.2) is 0 Å². The van der Waals surface area contributed by atoms with Crippen molar-refractivity contribution in [3.05, 3.63) is 57.3 Å². The Morgan fingerprint density at radius 1 is 1.21 bits per heavy atom. The molecule has 0 unspecified atom stereocenters. The maximum atomic E-state index is 12.3. The van der Waals surface area contributed by atoms with Crippen LogP contribution in [0.2, 0.25) is 0 Å². The van der Waals surface area contributed by atoms with Crippen molar-refractivity contribution in [2.24, 2.45) is 0 Å². The summed E-state index contributed by atoms with van der Waals surface area (Å²) in [5, 5.41) is 7.68. The van der Waals surface area contributed by atoms with E-state index in [4.69, 9.17) is 0 Å². The summed E-state index contributed by atoms with van der Waals surface area (Å²) < 4.78 is 2.51. The van der Waals surface area contributed by atoms with Gasteiger partial charge in [-0.2, -0.15) is 5.10 Å². The van der Waals surface area contributed by atoms with Crippen molar-refractivity contribution in [2.75, 3.05) is 5.32 Å². The smallest absolute Gasteiger partial charge is 0.316 e. The van der Waals surface area contributed by atoms with Crippen LogP contribution in [0.15, 0.2) is 35.6 Å². The van der Waals surface area contributed by atoms with Gasteiger partial charge in [0.05, 0.1) is 10.7 Å². The summed E-state index contributed by atoms with van der Waals surface area (Å²) in [5.74, 6) is -0.276. The zero-order chi connectivity index (χ0) is 17.3. The summed E-state index contributed by atoms with van der Waals surface area (Å²) in [6.07, 6.45) is 4.59. The highest BCUT2D eigenvalue weighted by molar-refractivity contribution is 7.16. The molecule has 3 aromatic rings. The first-order chi connectivity index (χ1) is 11.5. The summed E-state index contributed by atoms with van der Waals surface area (Å²) in [4.78, 5) is 29.7. The fourth-order valence-electron chi connectivity index (χ4n) is 2.29. The second kappa shape index (κ2) is 6.40. The van der Waals surface area contributed by atoms with Crippen molar-refractivity contribution in [1.82, 2.24) is 19.3 Å². The number of rotatable bonds is 4. The summed E-state index contributed by atoms with van der Waals surface area (Å²) >= 11 is 1.53. The van der Waals surface area contributed by atoms with E-state index < -0.39 is 0 Å². The van der Waals surface area contributed by atoms with Crippen LogP contribution in [-0.4, -0.2) is 25.2 Å². The summed E-state index contributed by atoms with van der Waals surface area (Å²) in [7, 11) is 0. The Morgan fingerprint density at radius 2 is 1.92 bits per heavy atom. The summed E-state index contributed by atoms with van der Waals surface area (Å²) in [5.41, 5.74) is 2.52. The van der Waals surface area contributed by atoms with Gasteiger partial charge in [0.25, 0.3) is 0 Å². The molecule has 0 aliphatic heterocycles. The van der Waals surface area contributed by atoms with Crippen LogP contribution in [0.3, 0.4) is 0 Å². The van der Waals surface area contributed by atoms with E-state index in [0.29, 0.717) is 5.69 Å². The van der Waals surface area contributed by atoms with Crippen molar-refractivity contribution in [2.45, 2.75) is 27.3 Å². The lowest BCUT2D eigenvalue weighted by atomic mass is 10.2. The van der Waals surface area contributed by atoms with Crippen LogP contribution in [0.5, 0.6) is 0 Å². The van der Waals surface area contributed by atoms with Gasteiger partial charge in [-0.05, 0) is 44.0 Å². The van der Waals surface area contributed by atoms with Crippen LogP contribution in [0, 0.1) is 20.8 Å². The number of carbonyl (C=O) groups excluding carboxylic acids is 1. The first kappa shape index (κ1) is 16.1. The average Bonchev–Trinajstić information content (AvgIpc) is 3.04. The van der Waals surface area contributed by atoms with E-state index in [2.05, 4.69) is 15.4 Å². The van der Waals surface area contributed by atoms with E-state index in [1.54, 1.807) is 24.5 Å². The standard InChI is InChI=1S/C16H17N5O2S/c1-10-11(2)15(24-12(10)3)19-14(22)8-21-16(23)20(9-18-21)13-4-6-17-7-5-13/h4-7,9H,8H2,1-3H3,(H,19,22). The van der Waals surface area contributed by atoms with Gasteiger partial charge in [-0.1, -0.05) is 0 Å². The highest BCUT2D eigenvalue weighted by Gasteiger charge is 2.14. The topological polar surface area (TPSA) is 81.8 Å². The number of aromatic nitrogens is 4. The quantitative estimate of drug-likeness (QED) is 0.786. The number of thiophene rings is 1. The second-order valence-corrected chi connectivity index (χ2v) is 6.66. The summed E-state index contributed by atoms with van der Waals surface area (Å²) in [6.45, 7) is 5.88. The molecule has 1 amide bonds. The number of hydrogen-bond donors (Lipinski definition) is 1. The van der Waals surface area contributed by atoms with Crippen molar-refractivity contribution in [3.63, 3.8) is 0 Å². The lowest BCUT2D eigenvalue weighted by Crippen LogP contribution is -2.29. The first-order valence-corrected chi connectivity index (χ1v) is 8.20. The molecule has 3 rings (SSSR count). The monoisotopic (exact) mass is 343 g/mol. The largest absolute Gasteiger partial charge is 0.350 e. The molecule has 3 aromatic heterocycles. The molecule has 7 nitrogen and oxygen atoms in total. The molecule has 8 heteroatoms. The van der Waals surface area contributed by atoms with Gasteiger partial charge in [-0.25, -0.2) is 14.0 Å². The van der Waals surface area contributed by atoms with Crippen LogP contribution in [0.1, 0.15) is 16.0 Å². The summed E-state index contributed by atoms with van der Waals surface area (Å²) in [6, 6.07) is 3.40. The average molecular weight is 343 g/mol. The number of pyridine rings is 1. The normalized spacial score (nSPS) is 10.8. The van der Waals surface area contributed by atoms with Gasteiger partial charge in [-0.3, -0.25) is 9.78 Å². The Morgan fingerprint density at radius 3 is 2.54 bits per heavy atom. The van der Waals surface area contributed by atoms with Gasteiger partial charge in [0.1, 0.15) is 12.9 Å². The SMILES string of the molecule is Cc1sc(NC(=O)Cn2ncn(-c3ccncc3)c2=O)c(C)c1C. The molecule has 1 N–H and O–H groups in total. The number of nitrogens with zero attached hydrogens (tertiary/aromatic N) is 4. The van der Waals surface area contributed by atoms with Crippen LogP contribution in [0.25, 0.3) is 5.69 Å². The number of amides is 1. The molecule has 124 valence electrons. The van der Waals surface area contributed by atoms with Crippen LogP contribution in [-0.2, 0) is 11.3 Å². The third-order valence-electron chi connectivity index (χ3n) is 3.91. The van der Waals surface area contributed by atoms with Crippen LogP contribution in [0.4, 0.5) is 5.00 Å². The Kier molecular flexibility index (Phi) is 4.30. The molecular weight excluding hydrogens is 326 g/mol. The van der Waals surface area contributed by atoms with Gasteiger partial charge < -0.3 is 5.32 Å². The molecule has 0 spiro atoms. The molecule has 0 saturated heterocycles. The van der Waals surface area contributed by atoms with E-state index in [0.717, 1.165) is 15.2 Å². The molecular formula is C16H17N5O2S. The first-order valence-electron chi connectivity index (χ1n) is 7.38. The zero-order valence-electron chi connectivity index (χ0n) is 13.6. The second-order valence-electron chi connectivity index (χ2n) is 5.43. The Bertz CT molecular complexity index is 939. The highest BCUT2D eigenvalue weighted by Crippen LogP contribution is 2.31. The van der Waals surface area contributed by atoms with Crippen molar-refractivity contribution >= 4 is 22.2 Å². The number of carbonyl (C=O) groups is 1. The third kappa shape index (κ3) is 3.00. The molecule has 0 saturated carbocycles. The maximum Gasteiger partial charge on any atom is 0.350 e. The van der Waals surface area contributed by atoms with Gasteiger partial charge >= 0.3 is 5.69 Å². The van der Waals surface area contributed by atoms with E-state index in [-0.39, 0.29) is 18.1 Å². The van der Waals surface area contributed by atoms with Crippen molar-refractivity contribution in [3.8, 4) is 5.69 Å². The molecule has 0 fully saturated rings. The molecule has 0 bridgehead atoms. The molecule has 0 radical (unpaired) electrons. The number of aryl methyl sites for hydroxylation is 1. The maximum absolute atomic E-state index is 12.3. The number of nitrogens with one attached hydrogen (secondary N) is 1. The lowest BCUT2D eigenvalue weighted by molar-refractivity contribution is -0.116. The number of anilines is 1. The molecule has 0 aromatic carbocycles. The molecule has 24 heavy (non-hydrogen) atoms. The zero-order valence-corrected chi connectivity index (χ0v) is 14.4. The fourth-order valence-corrected chi connectivity index (χ4v) is 3.37. The van der Waals surface area contributed by atoms with E-state index in [1.165, 1.54) is 32.7 Å². The number of hydrogen-bond acceptors (Lipinski definition) is 5. The van der Waals surface area contributed by atoms with Gasteiger partial charge in [0.2, 0.25) is 5.91 Å². The highest BCUT2D eigenvalue weighted by atomic mass is 32.1. The molecule has 0 aliphatic rings. The lowest BCUT2D eigenvalue weighted by Gasteiger charge is -2.04. The minimum atomic E-state index is -0.369. The molecule has 0 aliphatic carbocycles.